The first-order valence-corrected chi connectivity index (χ1v) is 11.7. The number of nitrogens with one attached hydrogen (secondary N) is 2. The van der Waals surface area contributed by atoms with Gasteiger partial charge in [0.2, 0.25) is 0 Å². The van der Waals surface area contributed by atoms with Gasteiger partial charge in [0.25, 0.3) is 0 Å². The van der Waals surface area contributed by atoms with E-state index >= 15 is 0 Å². The van der Waals surface area contributed by atoms with E-state index in [4.69, 9.17) is 4.74 Å². The number of hydrogen-bond donors (Lipinski definition) is 3. The molecule has 3 aromatic carbocycles. The van der Waals surface area contributed by atoms with Crippen molar-refractivity contribution in [3.05, 3.63) is 101 Å². The molecule has 2 amide bonds. The van der Waals surface area contributed by atoms with Crippen molar-refractivity contribution >= 4 is 6.03 Å². The average molecular weight is 443 g/mol. The molecule has 1 fully saturated rings. The number of urea groups is 1. The molecule has 33 heavy (non-hydrogen) atoms. The first kappa shape index (κ1) is 21.5. The number of benzene rings is 3. The Morgan fingerprint density at radius 2 is 1.82 bits per heavy atom. The van der Waals surface area contributed by atoms with Crippen LogP contribution in [0.2, 0.25) is 0 Å². The van der Waals surface area contributed by atoms with E-state index in [0.29, 0.717) is 42.2 Å². The summed E-state index contributed by atoms with van der Waals surface area (Å²) in [6.07, 6.45) is 1.55. The van der Waals surface area contributed by atoms with Gasteiger partial charge in [-0.1, -0.05) is 66.7 Å². The summed E-state index contributed by atoms with van der Waals surface area (Å²) in [5, 5.41) is 16.4. The van der Waals surface area contributed by atoms with Crippen LogP contribution in [0.1, 0.15) is 40.7 Å². The molecule has 1 saturated carbocycles. The van der Waals surface area contributed by atoms with Crippen LogP contribution in [0.3, 0.4) is 0 Å². The number of aliphatic hydroxyl groups excluding tert-OH is 1. The van der Waals surface area contributed by atoms with E-state index < -0.39 is 6.10 Å². The number of hydrogen-bond acceptors (Lipinski definition) is 3. The van der Waals surface area contributed by atoms with Crippen LogP contribution in [0, 0.1) is 11.8 Å². The molecule has 5 heteroatoms. The quantitative estimate of drug-likeness (QED) is 0.478. The Hall–Kier alpha value is -3.31. The molecule has 0 bridgehead atoms. The van der Waals surface area contributed by atoms with Gasteiger partial charge < -0.3 is 20.5 Å². The summed E-state index contributed by atoms with van der Waals surface area (Å²) in [5.74, 6) is 2.48. The first-order valence-electron chi connectivity index (χ1n) is 11.7. The van der Waals surface area contributed by atoms with Gasteiger partial charge >= 0.3 is 6.03 Å². The van der Waals surface area contributed by atoms with E-state index in [2.05, 4.69) is 34.9 Å². The van der Waals surface area contributed by atoms with Gasteiger partial charge in [0.15, 0.2) is 0 Å². The van der Waals surface area contributed by atoms with Crippen LogP contribution in [0.25, 0.3) is 0 Å². The summed E-state index contributed by atoms with van der Waals surface area (Å²) in [6, 6.07) is 25.8. The summed E-state index contributed by atoms with van der Waals surface area (Å²) < 4.78 is 5.84. The van der Waals surface area contributed by atoms with Crippen molar-refractivity contribution in [1.29, 1.82) is 0 Å². The molecular weight excluding hydrogens is 412 g/mol. The molecule has 5 nitrogen and oxygen atoms in total. The van der Waals surface area contributed by atoms with E-state index in [0.717, 1.165) is 12.0 Å². The molecule has 2 aliphatic carbocycles. The molecule has 5 rings (SSSR count). The Bertz CT molecular complexity index is 1100. The third kappa shape index (κ3) is 5.04. The zero-order chi connectivity index (χ0) is 22.6. The number of rotatable bonds is 8. The molecule has 0 radical (unpaired) electrons. The Balaban J connectivity index is 1.07. The third-order valence-electron chi connectivity index (χ3n) is 6.94. The van der Waals surface area contributed by atoms with E-state index in [1.807, 2.05) is 54.6 Å². The molecule has 0 aliphatic heterocycles. The second-order valence-electron chi connectivity index (χ2n) is 9.04. The van der Waals surface area contributed by atoms with Crippen LogP contribution in [0.4, 0.5) is 4.79 Å². The van der Waals surface area contributed by atoms with E-state index in [-0.39, 0.29) is 12.6 Å². The maximum Gasteiger partial charge on any atom is 0.314 e. The largest absolute Gasteiger partial charge is 0.489 e. The van der Waals surface area contributed by atoms with Gasteiger partial charge in [-0.15, -0.1) is 0 Å². The van der Waals surface area contributed by atoms with Crippen LogP contribution < -0.4 is 15.4 Å². The summed E-state index contributed by atoms with van der Waals surface area (Å²) in [4.78, 5) is 12.3. The van der Waals surface area contributed by atoms with E-state index in [1.165, 1.54) is 17.5 Å². The van der Waals surface area contributed by atoms with Crippen LogP contribution in [-0.4, -0.2) is 24.2 Å². The number of carbonyl (C=O) groups excluding carboxylic acids is 1. The van der Waals surface area contributed by atoms with Crippen molar-refractivity contribution in [3.63, 3.8) is 0 Å². The van der Waals surface area contributed by atoms with Crippen molar-refractivity contribution in [2.24, 2.45) is 11.8 Å². The predicted molar refractivity (Wildman–Crippen MR) is 128 cm³/mol. The lowest BCUT2D eigenvalue weighted by atomic mass is 9.92. The van der Waals surface area contributed by atoms with Gasteiger partial charge in [-0.05, 0) is 65.0 Å². The fourth-order valence-electron chi connectivity index (χ4n) is 5.12. The van der Waals surface area contributed by atoms with Gasteiger partial charge in [0.1, 0.15) is 12.4 Å². The van der Waals surface area contributed by atoms with Crippen molar-refractivity contribution in [1.82, 2.24) is 10.6 Å². The molecule has 3 N–H and O–H groups in total. The zero-order valence-electron chi connectivity index (χ0n) is 18.6. The van der Waals surface area contributed by atoms with E-state index in [9.17, 15) is 9.90 Å². The zero-order valence-corrected chi connectivity index (χ0v) is 18.6. The fraction of sp³-hybridized carbons (Fsp3) is 0.321. The van der Waals surface area contributed by atoms with Gasteiger partial charge in [0, 0.05) is 13.1 Å². The SMILES string of the molecule is O=C(NCC(O)c1cccc(OCc2ccccc2)c1)NCC1C2CCc3ccccc3C21. The monoisotopic (exact) mass is 442 g/mol. The van der Waals surface area contributed by atoms with Crippen LogP contribution in [0.15, 0.2) is 78.9 Å². The summed E-state index contributed by atoms with van der Waals surface area (Å²) in [5.41, 5.74) is 4.72. The number of aryl methyl sites for hydroxylation is 1. The molecular formula is C28H30N2O3. The molecule has 0 saturated heterocycles. The average Bonchev–Trinajstić information content (AvgIpc) is 3.59. The summed E-state index contributed by atoms with van der Waals surface area (Å²) >= 11 is 0. The fourth-order valence-corrected chi connectivity index (χ4v) is 5.12. The second kappa shape index (κ2) is 9.67. The summed E-state index contributed by atoms with van der Waals surface area (Å²) in [6.45, 7) is 1.29. The lowest BCUT2D eigenvalue weighted by Crippen LogP contribution is -2.39. The number of fused-ring (bicyclic) bond motifs is 3. The minimum Gasteiger partial charge on any atom is -0.489 e. The van der Waals surface area contributed by atoms with Crippen molar-refractivity contribution < 1.29 is 14.6 Å². The van der Waals surface area contributed by atoms with Gasteiger partial charge in [-0.25, -0.2) is 4.79 Å². The summed E-state index contributed by atoms with van der Waals surface area (Å²) in [7, 11) is 0. The topological polar surface area (TPSA) is 70.6 Å². The molecule has 0 heterocycles. The van der Waals surface area contributed by atoms with Gasteiger partial charge in [-0.2, -0.15) is 0 Å². The number of carbonyl (C=O) groups is 1. The number of ether oxygens (including phenoxy) is 1. The molecule has 0 aromatic heterocycles. The minimum atomic E-state index is -0.800. The van der Waals surface area contributed by atoms with Crippen LogP contribution >= 0.6 is 0 Å². The highest BCUT2D eigenvalue weighted by atomic mass is 16.5. The minimum absolute atomic E-state index is 0.147. The van der Waals surface area contributed by atoms with Crippen molar-refractivity contribution in [2.45, 2.75) is 31.5 Å². The van der Waals surface area contributed by atoms with Crippen molar-refractivity contribution in [2.75, 3.05) is 13.1 Å². The Labute approximate surface area is 194 Å². The number of amides is 2. The smallest absolute Gasteiger partial charge is 0.314 e. The molecule has 170 valence electrons. The van der Waals surface area contributed by atoms with Crippen LogP contribution in [-0.2, 0) is 13.0 Å². The Morgan fingerprint density at radius 1 is 1.00 bits per heavy atom. The Morgan fingerprint density at radius 3 is 2.70 bits per heavy atom. The molecule has 4 unspecified atom stereocenters. The molecule has 0 spiro atoms. The lowest BCUT2D eigenvalue weighted by molar-refractivity contribution is 0.172. The van der Waals surface area contributed by atoms with Crippen molar-refractivity contribution in [3.8, 4) is 5.75 Å². The second-order valence-corrected chi connectivity index (χ2v) is 9.04. The predicted octanol–water partition coefficient (Wildman–Crippen LogP) is 4.57. The van der Waals surface area contributed by atoms with Gasteiger partial charge in [0.05, 0.1) is 6.10 Å². The highest BCUT2D eigenvalue weighted by Crippen LogP contribution is 2.59. The third-order valence-corrected chi connectivity index (χ3v) is 6.94. The Kier molecular flexibility index (Phi) is 6.31. The highest BCUT2D eigenvalue weighted by molar-refractivity contribution is 5.74. The highest BCUT2D eigenvalue weighted by Gasteiger charge is 2.52. The first-order chi connectivity index (χ1) is 16.2. The molecule has 2 aliphatic rings. The number of aliphatic hydroxyl groups is 1. The standard InChI is InChI=1S/C28H30N2O3/c31-26(21-10-6-11-22(15-21)33-18-19-7-2-1-3-8-19)17-30-28(32)29-16-25-24-14-13-20-9-4-5-12-23(20)27(24)25/h1-12,15,24-27,31H,13-14,16-18H2,(H2,29,30,32). The molecule has 4 atom stereocenters. The maximum atomic E-state index is 12.3. The lowest BCUT2D eigenvalue weighted by Gasteiger charge is -2.14. The van der Waals surface area contributed by atoms with Crippen LogP contribution in [0.5, 0.6) is 5.75 Å². The maximum absolute atomic E-state index is 12.3. The van der Waals surface area contributed by atoms with E-state index in [1.54, 1.807) is 0 Å². The van der Waals surface area contributed by atoms with Gasteiger partial charge in [-0.3, -0.25) is 0 Å². The molecule has 3 aromatic rings. The normalized spacial score (nSPS) is 21.3.